The lowest BCUT2D eigenvalue weighted by atomic mass is 9.98. The molecule has 0 saturated carbocycles. The average Bonchev–Trinajstić information content (AvgIpc) is 2.61. The summed E-state index contributed by atoms with van der Waals surface area (Å²) in [5.74, 6) is -3.62. The Morgan fingerprint density at radius 2 is 2.00 bits per heavy atom. The summed E-state index contributed by atoms with van der Waals surface area (Å²) >= 11 is 0. The summed E-state index contributed by atoms with van der Waals surface area (Å²) in [6, 6.07) is -1.05. The summed E-state index contributed by atoms with van der Waals surface area (Å²) < 4.78 is 26.8. The summed E-state index contributed by atoms with van der Waals surface area (Å²) in [7, 11) is 0. The topological polar surface area (TPSA) is 69.6 Å². The molecule has 2 rings (SSSR count). The van der Waals surface area contributed by atoms with Crippen LogP contribution in [0, 0.1) is 0 Å². The number of piperidine rings is 1. The van der Waals surface area contributed by atoms with Crippen LogP contribution in [0.1, 0.15) is 38.5 Å². The molecule has 2 fully saturated rings. The third-order valence-corrected chi connectivity index (χ3v) is 4.32. The van der Waals surface area contributed by atoms with E-state index in [4.69, 9.17) is 5.11 Å². The van der Waals surface area contributed by atoms with Crippen molar-refractivity contribution in [1.82, 2.24) is 10.2 Å². The van der Waals surface area contributed by atoms with Gasteiger partial charge in [-0.3, -0.25) is 9.69 Å². The fourth-order valence-corrected chi connectivity index (χ4v) is 3.43. The van der Waals surface area contributed by atoms with Gasteiger partial charge in [0.25, 0.3) is 5.92 Å². The summed E-state index contributed by atoms with van der Waals surface area (Å²) in [4.78, 5) is 23.3. The van der Waals surface area contributed by atoms with E-state index in [1.165, 1.54) is 0 Å². The van der Waals surface area contributed by atoms with Crippen molar-refractivity contribution in [1.29, 1.82) is 0 Å². The second kappa shape index (κ2) is 6.03. The fraction of sp³-hybridized carbons (Fsp3) is 0.846. The molecule has 2 bridgehead atoms. The number of rotatable bonds is 7. The molecule has 3 atom stereocenters. The minimum atomic E-state index is -2.55. The zero-order valence-corrected chi connectivity index (χ0v) is 11.2. The zero-order valence-electron chi connectivity index (χ0n) is 11.2. The van der Waals surface area contributed by atoms with Gasteiger partial charge in [0.05, 0.1) is 0 Å². The second-order valence-corrected chi connectivity index (χ2v) is 5.70. The molecule has 7 heteroatoms. The van der Waals surface area contributed by atoms with E-state index in [2.05, 4.69) is 10.2 Å². The Bertz CT molecular complexity index is 363. The lowest BCUT2D eigenvalue weighted by molar-refractivity contribution is -0.140. The van der Waals surface area contributed by atoms with Crippen molar-refractivity contribution in [3.63, 3.8) is 0 Å². The number of nitrogens with one attached hydrogen (secondary N) is 1. The molecule has 0 aromatic heterocycles. The average molecular weight is 290 g/mol. The number of carbonyl (C=O) groups is 2. The third kappa shape index (κ3) is 3.45. The van der Waals surface area contributed by atoms with Gasteiger partial charge in [-0.15, -0.1) is 0 Å². The Morgan fingerprint density at radius 3 is 2.50 bits per heavy atom. The van der Waals surface area contributed by atoms with Crippen LogP contribution in [-0.2, 0) is 9.59 Å². The Hall–Kier alpha value is -1.24. The second-order valence-electron chi connectivity index (χ2n) is 5.70. The number of alkyl halides is 2. The molecular formula is C13H20F2N2O3. The van der Waals surface area contributed by atoms with Crippen LogP contribution in [-0.4, -0.2) is 53.0 Å². The minimum Gasteiger partial charge on any atom is -0.480 e. The zero-order chi connectivity index (χ0) is 14.8. The molecule has 5 nitrogen and oxygen atoms in total. The first-order valence-corrected chi connectivity index (χ1v) is 6.99. The summed E-state index contributed by atoms with van der Waals surface area (Å²) in [6.07, 6.45) is 2.71. The first kappa shape index (κ1) is 15.2. The molecular weight excluding hydrogens is 270 g/mol. The summed E-state index contributed by atoms with van der Waals surface area (Å²) in [6.45, 7) is 0.621. The molecule has 2 aliphatic heterocycles. The predicted octanol–water partition coefficient (Wildman–Crippen LogP) is 1.23. The number of carbonyl (C=O) groups excluding carboxylic acids is 1. The largest absolute Gasteiger partial charge is 0.480 e. The van der Waals surface area contributed by atoms with Crippen molar-refractivity contribution in [2.24, 2.45) is 0 Å². The first-order valence-electron chi connectivity index (χ1n) is 6.99. The smallest absolute Gasteiger partial charge is 0.326 e. The molecule has 0 aromatic rings. The molecule has 0 aromatic carbocycles. The summed E-state index contributed by atoms with van der Waals surface area (Å²) in [5.41, 5.74) is 0. The van der Waals surface area contributed by atoms with Gasteiger partial charge < -0.3 is 10.4 Å². The van der Waals surface area contributed by atoms with Gasteiger partial charge >= 0.3 is 5.97 Å². The number of hydrogen-bond acceptors (Lipinski definition) is 3. The maximum atomic E-state index is 13.4. The maximum absolute atomic E-state index is 13.4. The SMILES string of the molecule is O=CNC(CCCN1C2CCC1CC(F)(F)C2)C(=O)O. The number of amides is 1. The molecule has 0 spiro atoms. The summed E-state index contributed by atoms with van der Waals surface area (Å²) in [5, 5.41) is 11.1. The Morgan fingerprint density at radius 1 is 1.40 bits per heavy atom. The minimum absolute atomic E-state index is 0.0777. The van der Waals surface area contributed by atoms with E-state index in [-0.39, 0.29) is 24.9 Å². The molecule has 20 heavy (non-hydrogen) atoms. The van der Waals surface area contributed by atoms with Crippen molar-refractivity contribution in [2.45, 2.75) is 62.6 Å². The lowest BCUT2D eigenvalue weighted by Crippen LogP contribution is -2.48. The normalized spacial score (nSPS) is 29.9. The van der Waals surface area contributed by atoms with E-state index in [0.29, 0.717) is 25.8 Å². The molecule has 2 N–H and O–H groups in total. The number of fused-ring (bicyclic) bond motifs is 2. The molecule has 3 unspecified atom stereocenters. The van der Waals surface area contributed by atoms with Gasteiger partial charge in [-0.2, -0.15) is 0 Å². The van der Waals surface area contributed by atoms with Crippen LogP contribution in [0.15, 0.2) is 0 Å². The standard InChI is InChI=1S/C13H20F2N2O3/c14-13(15)6-9-3-4-10(7-13)17(9)5-1-2-11(12(19)20)16-8-18/h8-11H,1-7H2,(H,16,18)(H,19,20). The van der Waals surface area contributed by atoms with Crippen LogP contribution in [0.4, 0.5) is 8.78 Å². The van der Waals surface area contributed by atoms with Crippen molar-refractivity contribution < 1.29 is 23.5 Å². The van der Waals surface area contributed by atoms with Gasteiger partial charge in [-0.05, 0) is 32.2 Å². The third-order valence-electron chi connectivity index (χ3n) is 4.32. The number of hydrogen-bond donors (Lipinski definition) is 2. The van der Waals surface area contributed by atoms with Gasteiger partial charge in [0, 0.05) is 24.9 Å². The molecule has 1 amide bonds. The maximum Gasteiger partial charge on any atom is 0.326 e. The number of nitrogens with zero attached hydrogens (tertiary/aromatic N) is 1. The van der Waals surface area contributed by atoms with Crippen molar-refractivity contribution in [3.8, 4) is 0 Å². The highest BCUT2D eigenvalue weighted by Gasteiger charge is 2.48. The molecule has 0 radical (unpaired) electrons. The van der Waals surface area contributed by atoms with Gasteiger partial charge in [0.2, 0.25) is 6.41 Å². The van der Waals surface area contributed by atoms with Crippen molar-refractivity contribution in [3.05, 3.63) is 0 Å². The van der Waals surface area contributed by atoms with Crippen LogP contribution >= 0.6 is 0 Å². The number of carboxylic acids is 1. The molecule has 114 valence electrons. The first-order chi connectivity index (χ1) is 9.43. The van der Waals surface area contributed by atoms with Crippen LogP contribution in [0.5, 0.6) is 0 Å². The highest BCUT2D eigenvalue weighted by molar-refractivity contribution is 5.76. The van der Waals surface area contributed by atoms with E-state index in [0.717, 1.165) is 12.8 Å². The van der Waals surface area contributed by atoms with E-state index in [9.17, 15) is 18.4 Å². The molecule has 0 aliphatic carbocycles. The number of halogens is 2. The molecule has 2 saturated heterocycles. The Labute approximate surface area is 116 Å². The lowest BCUT2D eigenvalue weighted by Gasteiger charge is -2.38. The van der Waals surface area contributed by atoms with Gasteiger partial charge in [-0.25, -0.2) is 13.6 Å². The van der Waals surface area contributed by atoms with E-state index in [1.807, 2.05) is 0 Å². The van der Waals surface area contributed by atoms with Crippen molar-refractivity contribution in [2.75, 3.05) is 6.54 Å². The van der Waals surface area contributed by atoms with E-state index < -0.39 is 17.9 Å². The van der Waals surface area contributed by atoms with Crippen LogP contribution in [0.3, 0.4) is 0 Å². The predicted molar refractivity (Wildman–Crippen MR) is 67.6 cm³/mol. The van der Waals surface area contributed by atoms with Crippen LogP contribution in [0.2, 0.25) is 0 Å². The fourth-order valence-electron chi connectivity index (χ4n) is 3.43. The Kier molecular flexibility index (Phi) is 4.57. The Balaban J connectivity index is 1.80. The van der Waals surface area contributed by atoms with Crippen LogP contribution in [0.25, 0.3) is 0 Å². The van der Waals surface area contributed by atoms with Crippen molar-refractivity contribution >= 4 is 12.4 Å². The highest BCUT2D eigenvalue weighted by atomic mass is 19.3. The van der Waals surface area contributed by atoms with Gasteiger partial charge in [0.1, 0.15) is 6.04 Å². The van der Waals surface area contributed by atoms with Crippen LogP contribution < -0.4 is 5.32 Å². The highest BCUT2D eigenvalue weighted by Crippen LogP contribution is 2.43. The molecule has 2 aliphatic rings. The molecule has 2 heterocycles. The number of aliphatic carboxylic acids is 1. The number of carboxylic acid groups (broad SMARTS) is 1. The monoisotopic (exact) mass is 290 g/mol. The van der Waals surface area contributed by atoms with Gasteiger partial charge in [0.15, 0.2) is 0 Å². The van der Waals surface area contributed by atoms with E-state index in [1.54, 1.807) is 0 Å². The van der Waals surface area contributed by atoms with E-state index >= 15 is 0 Å². The quantitative estimate of drug-likeness (QED) is 0.692. The van der Waals surface area contributed by atoms with Gasteiger partial charge in [-0.1, -0.05) is 0 Å².